The van der Waals surface area contributed by atoms with Crippen LogP contribution in [-0.2, 0) is 4.74 Å². The Balaban J connectivity index is 0.000000360. The van der Waals surface area contributed by atoms with E-state index in [0.29, 0.717) is 5.23 Å². The topological polar surface area (TPSA) is 33.1 Å². The van der Waals surface area contributed by atoms with Gasteiger partial charge in [0, 0.05) is 5.75 Å². The zero-order valence-electron chi connectivity index (χ0n) is 3.64. The van der Waals surface area contributed by atoms with Crippen molar-refractivity contribution in [2.24, 2.45) is 0 Å². The van der Waals surface area contributed by atoms with Crippen LogP contribution in [-0.4, -0.2) is 17.6 Å². The van der Waals surface area contributed by atoms with Crippen LogP contribution in [0.2, 0.25) is 0 Å². The standard InChI is InChI=1S/C3H5NOS.ClH/c4-3-5-1-2-6-3;/h4H,1-2H2;1H. The molecule has 0 saturated carbocycles. The fraction of sp³-hybridized carbons (Fsp3) is 0.667. The predicted octanol–water partition coefficient (Wildman–Crippen LogP) is 1.11. The van der Waals surface area contributed by atoms with Crippen molar-refractivity contribution < 1.29 is 4.74 Å². The molecule has 0 atom stereocenters. The summed E-state index contributed by atoms with van der Waals surface area (Å²) in [7, 11) is 0. The van der Waals surface area contributed by atoms with Gasteiger partial charge in [0.15, 0.2) is 0 Å². The normalized spacial score (nSPS) is 18.0. The maximum Gasteiger partial charge on any atom is 0.243 e. The lowest BCUT2D eigenvalue weighted by Gasteiger charge is -1.83. The number of hydrogen-bond acceptors (Lipinski definition) is 3. The largest absolute Gasteiger partial charge is 0.472 e. The molecule has 1 aliphatic heterocycles. The minimum absolute atomic E-state index is 0. The summed E-state index contributed by atoms with van der Waals surface area (Å²) >= 11 is 1.46. The molecule has 1 rings (SSSR count). The fourth-order valence-corrected chi connectivity index (χ4v) is 0.829. The molecule has 1 aliphatic rings. The van der Waals surface area contributed by atoms with Crippen molar-refractivity contribution in [1.29, 1.82) is 5.41 Å². The molecule has 1 saturated heterocycles. The number of ether oxygens (including phenoxy) is 1. The predicted molar refractivity (Wildman–Crippen MR) is 33.4 cm³/mol. The van der Waals surface area contributed by atoms with Gasteiger partial charge in [0.1, 0.15) is 6.61 Å². The second-order valence-corrected chi connectivity index (χ2v) is 2.05. The Morgan fingerprint density at radius 3 is 2.57 bits per heavy atom. The van der Waals surface area contributed by atoms with Crippen molar-refractivity contribution in [3.63, 3.8) is 0 Å². The molecule has 42 valence electrons. The Hall–Kier alpha value is 0.110. The van der Waals surface area contributed by atoms with Crippen molar-refractivity contribution in [3.05, 3.63) is 0 Å². The van der Waals surface area contributed by atoms with E-state index in [1.165, 1.54) is 11.8 Å². The summed E-state index contributed by atoms with van der Waals surface area (Å²) in [6.07, 6.45) is 0. The number of halogens is 1. The van der Waals surface area contributed by atoms with Crippen molar-refractivity contribution in [1.82, 2.24) is 0 Å². The van der Waals surface area contributed by atoms with Crippen LogP contribution < -0.4 is 0 Å². The summed E-state index contributed by atoms with van der Waals surface area (Å²) in [4.78, 5) is 0. The molecule has 1 N–H and O–H groups in total. The highest BCUT2D eigenvalue weighted by Crippen LogP contribution is 2.09. The van der Waals surface area contributed by atoms with E-state index in [-0.39, 0.29) is 12.4 Å². The van der Waals surface area contributed by atoms with Crippen molar-refractivity contribution in [2.45, 2.75) is 0 Å². The molecule has 0 radical (unpaired) electrons. The van der Waals surface area contributed by atoms with Crippen LogP contribution in [0.15, 0.2) is 0 Å². The maximum absolute atomic E-state index is 6.79. The van der Waals surface area contributed by atoms with Gasteiger partial charge in [0.25, 0.3) is 0 Å². The van der Waals surface area contributed by atoms with Gasteiger partial charge >= 0.3 is 0 Å². The van der Waals surface area contributed by atoms with E-state index < -0.39 is 0 Å². The van der Waals surface area contributed by atoms with E-state index in [4.69, 9.17) is 10.1 Å². The summed E-state index contributed by atoms with van der Waals surface area (Å²) in [5.74, 6) is 0.957. The number of hydrogen-bond donors (Lipinski definition) is 1. The van der Waals surface area contributed by atoms with Gasteiger partial charge in [0.05, 0.1) is 0 Å². The number of nitrogens with one attached hydrogen (secondary N) is 1. The van der Waals surface area contributed by atoms with E-state index in [2.05, 4.69) is 0 Å². The molecule has 0 amide bonds. The van der Waals surface area contributed by atoms with Gasteiger partial charge in [-0.15, -0.1) is 12.4 Å². The van der Waals surface area contributed by atoms with Crippen molar-refractivity contribution >= 4 is 29.4 Å². The van der Waals surface area contributed by atoms with Gasteiger partial charge in [-0.3, -0.25) is 5.41 Å². The van der Waals surface area contributed by atoms with Crippen molar-refractivity contribution in [3.8, 4) is 0 Å². The van der Waals surface area contributed by atoms with E-state index in [0.717, 1.165) is 12.4 Å². The second kappa shape index (κ2) is 3.16. The van der Waals surface area contributed by atoms with Crippen LogP contribution in [0, 0.1) is 5.41 Å². The van der Waals surface area contributed by atoms with E-state index in [1.807, 2.05) is 0 Å². The first-order chi connectivity index (χ1) is 2.89. The van der Waals surface area contributed by atoms with Crippen LogP contribution >= 0.6 is 24.2 Å². The lowest BCUT2D eigenvalue weighted by Crippen LogP contribution is -1.84. The molecular weight excluding hydrogens is 134 g/mol. The molecule has 0 aliphatic carbocycles. The molecule has 2 nitrogen and oxygen atoms in total. The molecule has 0 bridgehead atoms. The first-order valence-electron chi connectivity index (χ1n) is 1.74. The molecule has 7 heavy (non-hydrogen) atoms. The van der Waals surface area contributed by atoms with Gasteiger partial charge in [-0.2, -0.15) is 0 Å². The molecule has 0 aromatic carbocycles. The van der Waals surface area contributed by atoms with Gasteiger partial charge < -0.3 is 4.74 Å². The molecular formula is C3H6ClNOS. The SMILES string of the molecule is Cl.N=C1OCCS1. The smallest absolute Gasteiger partial charge is 0.243 e. The summed E-state index contributed by atoms with van der Waals surface area (Å²) < 4.78 is 4.70. The Kier molecular flexibility index (Phi) is 3.21. The molecule has 0 unspecified atom stereocenters. The minimum Gasteiger partial charge on any atom is -0.472 e. The molecule has 4 heteroatoms. The zero-order valence-corrected chi connectivity index (χ0v) is 5.27. The average Bonchev–Trinajstić information content (AvgIpc) is 1.86. The Morgan fingerprint density at radius 1 is 1.71 bits per heavy atom. The van der Waals surface area contributed by atoms with Crippen LogP contribution in [0.3, 0.4) is 0 Å². The van der Waals surface area contributed by atoms with Gasteiger partial charge in [-0.25, -0.2) is 0 Å². The molecule has 1 fully saturated rings. The lowest BCUT2D eigenvalue weighted by atomic mass is 10.9. The van der Waals surface area contributed by atoms with E-state index >= 15 is 0 Å². The minimum atomic E-state index is 0. The summed E-state index contributed by atoms with van der Waals surface area (Å²) in [6.45, 7) is 0.726. The summed E-state index contributed by atoms with van der Waals surface area (Å²) in [6, 6.07) is 0. The van der Waals surface area contributed by atoms with Crippen LogP contribution in [0.1, 0.15) is 0 Å². The number of rotatable bonds is 0. The van der Waals surface area contributed by atoms with Gasteiger partial charge in [0.2, 0.25) is 5.23 Å². The van der Waals surface area contributed by atoms with Gasteiger partial charge in [-0.05, 0) is 0 Å². The Bertz CT molecular complexity index is 69.3. The maximum atomic E-state index is 6.79. The van der Waals surface area contributed by atoms with Crippen molar-refractivity contribution in [2.75, 3.05) is 12.4 Å². The van der Waals surface area contributed by atoms with E-state index in [9.17, 15) is 0 Å². The molecule has 1 heterocycles. The summed E-state index contributed by atoms with van der Waals surface area (Å²) in [5, 5.41) is 7.16. The van der Waals surface area contributed by atoms with Crippen LogP contribution in [0.5, 0.6) is 0 Å². The monoisotopic (exact) mass is 139 g/mol. The van der Waals surface area contributed by atoms with Crippen LogP contribution in [0.25, 0.3) is 0 Å². The van der Waals surface area contributed by atoms with E-state index in [1.54, 1.807) is 0 Å². The highest BCUT2D eigenvalue weighted by Gasteiger charge is 2.04. The van der Waals surface area contributed by atoms with Gasteiger partial charge in [-0.1, -0.05) is 11.8 Å². The third-order valence-corrected chi connectivity index (χ3v) is 1.30. The lowest BCUT2D eigenvalue weighted by molar-refractivity contribution is 0.350. The zero-order chi connectivity index (χ0) is 4.41. The number of thioether (sulfide) groups is 1. The highest BCUT2D eigenvalue weighted by molar-refractivity contribution is 8.13. The average molecular weight is 140 g/mol. The third-order valence-electron chi connectivity index (χ3n) is 0.550. The Morgan fingerprint density at radius 2 is 2.43 bits per heavy atom. The fourth-order valence-electron chi connectivity index (χ4n) is 0.310. The quantitative estimate of drug-likeness (QED) is 0.546. The third kappa shape index (κ3) is 2.04. The molecule has 0 aromatic rings. The second-order valence-electron chi connectivity index (χ2n) is 0.984. The molecule has 0 aromatic heterocycles. The first-order valence-corrected chi connectivity index (χ1v) is 2.72. The Labute approximate surface area is 52.5 Å². The molecule has 0 spiro atoms. The van der Waals surface area contributed by atoms with Crippen LogP contribution in [0.4, 0.5) is 0 Å². The first kappa shape index (κ1) is 7.11. The highest BCUT2D eigenvalue weighted by atomic mass is 35.5. The summed E-state index contributed by atoms with van der Waals surface area (Å²) in [5.41, 5.74) is 0.